The van der Waals surface area contributed by atoms with Gasteiger partial charge in [0.05, 0.1) is 30.3 Å². The number of amides is 1. The lowest BCUT2D eigenvalue weighted by Gasteiger charge is -2.09. The molecule has 0 aliphatic heterocycles. The van der Waals surface area contributed by atoms with Gasteiger partial charge >= 0.3 is 0 Å². The van der Waals surface area contributed by atoms with Gasteiger partial charge in [-0.05, 0) is 36.2 Å². The van der Waals surface area contributed by atoms with Gasteiger partial charge in [-0.3, -0.25) is 14.9 Å². The molecule has 3 aromatic rings. The maximum absolute atomic E-state index is 12.2. The first-order valence-corrected chi connectivity index (χ1v) is 9.40. The molecule has 8 nitrogen and oxygen atoms in total. The number of benzene rings is 2. The van der Waals surface area contributed by atoms with Crippen molar-refractivity contribution in [3.63, 3.8) is 0 Å². The fourth-order valence-electron chi connectivity index (χ4n) is 2.92. The number of aromatic nitrogens is 1. The van der Waals surface area contributed by atoms with Crippen molar-refractivity contribution >= 4 is 23.1 Å². The van der Waals surface area contributed by atoms with Gasteiger partial charge in [-0.1, -0.05) is 30.3 Å². The van der Waals surface area contributed by atoms with Crippen molar-refractivity contribution < 1.29 is 14.5 Å². The van der Waals surface area contributed by atoms with E-state index < -0.39 is 4.92 Å². The summed E-state index contributed by atoms with van der Waals surface area (Å²) in [5.74, 6) is 1.18. The summed E-state index contributed by atoms with van der Waals surface area (Å²) < 4.78 is 5.15. The van der Waals surface area contributed by atoms with Crippen LogP contribution in [0.25, 0.3) is 0 Å². The van der Waals surface area contributed by atoms with Crippen LogP contribution in [0.1, 0.15) is 11.1 Å². The van der Waals surface area contributed by atoms with E-state index in [9.17, 15) is 14.9 Å². The molecule has 0 saturated carbocycles. The summed E-state index contributed by atoms with van der Waals surface area (Å²) in [5.41, 5.74) is 2.01. The number of hydrogen-bond donors (Lipinski definition) is 2. The molecule has 0 saturated heterocycles. The Labute approximate surface area is 174 Å². The summed E-state index contributed by atoms with van der Waals surface area (Å²) in [6, 6.07) is 17.6. The summed E-state index contributed by atoms with van der Waals surface area (Å²) in [6.45, 7) is 0.711. The lowest BCUT2D eigenvalue weighted by molar-refractivity contribution is -0.385. The number of nitrogens with one attached hydrogen (secondary N) is 2. The molecule has 8 heteroatoms. The van der Waals surface area contributed by atoms with Gasteiger partial charge in [-0.25, -0.2) is 4.98 Å². The maximum Gasteiger partial charge on any atom is 0.273 e. The van der Waals surface area contributed by atoms with Crippen molar-refractivity contribution in [2.24, 2.45) is 0 Å². The van der Waals surface area contributed by atoms with E-state index in [1.54, 1.807) is 43.6 Å². The van der Waals surface area contributed by atoms with E-state index in [0.717, 1.165) is 12.2 Å². The van der Waals surface area contributed by atoms with Gasteiger partial charge in [0, 0.05) is 18.2 Å². The van der Waals surface area contributed by atoms with Gasteiger partial charge in [0.2, 0.25) is 5.91 Å². The van der Waals surface area contributed by atoms with Crippen molar-refractivity contribution in [2.75, 3.05) is 24.3 Å². The monoisotopic (exact) mass is 406 g/mol. The van der Waals surface area contributed by atoms with Gasteiger partial charge in [0.15, 0.2) is 0 Å². The average Bonchev–Trinajstić information content (AvgIpc) is 2.75. The molecule has 0 spiro atoms. The largest absolute Gasteiger partial charge is 0.497 e. The number of carbonyl (C=O) groups is 1. The minimum Gasteiger partial charge on any atom is -0.497 e. The van der Waals surface area contributed by atoms with Gasteiger partial charge in [-0.2, -0.15) is 0 Å². The number of rotatable bonds is 9. The van der Waals surface area contributed by atoms with Crippen molar-refractivity contribution in [3.8, 4) is 5.75 Å². The molecule has 0 aliphatic rings. The molecule has 1 heterocycles. The number of hydrogen-bond acceptors (Lipinski definition) is 6. The Morgan fingerprint density at radius 1 is 1.10 bits per heavy atom. The molecule has 0 fully saturated rings. The standard InChI is InChI=1S/C22H22N4O4/c1-30-19-9-6-16(7-10-19)12-13-23-21-11-8-18(15-24-21)25-22(27)14-17-4-2-3-5-20(17)26(28)29/h2-11,15H,12-14H2,1H3,(H,23,24)(H,25,27). The number of nitro benzene ring substituents is 1. The molecule has 3 rings (SSSR count). The molecule has 1 aromatic heterocycles. The van der Waals surface area contributed by atoms with Crippen LogP contribution in [0.3, 0.4) is 0 Å². The number of nitrogens with zero attached hydrogens (tertiary/aromatic N) is 2. The van der Waals surface area contributed by atoms with E-state index >= 15 is 0 Å². The minimum atomic E-state index is -0.490. The molecule has 1 amide bonds. The second-order valence-electron chi connectivity index (χ2n) is 6.57. The molecule has 0 bridgehead atoms. The number of carbonyl (C=O) groups excluding carboxylic acids is 1. The van der Waals surface area contributed by atoms with E-state index in [1.807, 2.05) is 24.3 Å². The van der Waals surface area contributed by atoms with Crippen LogP contribution in [0.15, 0.2) is 66.9 Å². The molecule has 2 N–H and O–H groups in total. The fraction of sp³-hybridized carbons (Fsp3) is 0.182. The zero-order chi connectivity index (χ0) is 21.3. The molecule has 2 aromatic carbocycles. The highest BCUT2D eigenvalue weighted by molar-refractivity contribution is 5.92. The van der Waals surface area contributed by atoms with Crippen LogP contribution >= 0.6 is 0 Å². The predicted octanol–water partition coefficient (Wildman–Crippen LogP) is 3.83. The van der Waals surface area contributed by atoms with Crippen LogP contribution in [0.5, 0.6) is 5.75 Å². The quantitative estimate of drug-likeness (QED) is 0.413. The number of methoxy groups -OCH3 is 1. The van der Waals surface area contributed by atoms with Gasteiger partial charge in [-0.15, -0.1) is 0 Å². The SMILES string of the molecule is COc1ccc(CCNc2ccc(NC(=O)Cc3ccccc3[N+](=O)[O-])cn2)cc1. The van der Waals surface area contributed by atoms with Crippen LogP contribution in [0.4, 0.5) is 17.2 Å². The average molecular weight is 406 g/mol. The van der Waals surface area contributed by atoms with E-state index in [4.69, 9.17) is 4.74 Å². The van der Waals surface area contributed by atoms with Crippen molar-refractivity contribution in [1.82, 2.24) is 4.98 Å². The van der Waals surface area contributed by atoms with Crippen LogP contribution in [-0.4, -0.2) is 29.5 Å². The highest BCUT2D eigenvalue weighted by Gasteiger charge is 2.15. The summed E-state index contributed by atoms with van der Waals surface area (Å²) in [7, 11) is 1.64. The zero-order valence-corrected chi connectivity index (χ0v) is 16.5. The van der Waals surface area contributed by atoms with Crippen molar-refractivity contribution in [1.29, 1.82) is 0 Å². The minimum absolute atomic E-state index is 0.0674. The molecule has 0 atom stereocenters. The Morgan fingerprint density at radius 2 is 1.87 bits per heavy atom. The first kappa shape index (κ1) is 20.8. The number of para-hydroxylation sites is 1. The molecule has 30 heavy (non-hydrogen) atoms. The second-order valence-corrected chi connectivity index (χ2v) is 6.57. The third-order valence-electron chi connectivity index (χ3n) is 4.47. The molecule has 154 valence electrons. The third-order valence-corrected chi connectivity index (χ3v) is 4.47. The van der Waals surface area contributed by atoms with Crippen LogP contribution in [0, 0.1) is 10.1 Å². The molecule has 0 unspecified atom stereocenters. The number of anilines is 2. The lowest BCUT2D eigenvalue weighted by Crippen LogP contribution is -2.15. The Kier molecular flexibility index (Phi) is 6.94. The zero-order valence-electron chi connectivity index (χ0n) is 16.5. The van der Waals surface area contributed by atoms with E-state index in [-0.39, 0.29) is 18.0 Å². The Balaban J connectivity index is 1.49. The van der Waals surface area contributed by atoms with Gasteiger partial charge in [0.1, 0.15) is 11.6 Å². The number of nitro groups is 1. The van der Waals surface area contributed by atoms with Gasteiger partial charge < -0.3 is 15.4 Å². The Bertz CT molecular complexity index is 1000. The van der Waals surface area contributed by atoms with Crippen LogP contribution in [0.2, 0.25) is 0 Å². The second kappa shape index (κ2) is 10.0. The molecule has 0 aliphatic carbocycles. The number of pyridine rings is 1. The Morgan fingerprint density at radius 3 is 2.53 bits per heavy atom. The smallest absolute Gasteiger partial charge is 0.273 e. The van der Waals surface area contributed by atoms with Crippen LogP contribution in [-0.2, 0) is 17.6 Å². The topological polar surface area (TPSA) is 106 Å². The van der Waals surface area contributed by atoms with E-state index in [2.05, 4.69) is 15.6 Å². The Hall–Kier alpha value is -3.94. The summed E-state index contributed by atoms with van der Waals surface area (Å²) in [6.07, 6.45) is 2.30. The lowest BCUT2D eigenvalue weighted by atomic mass is 10.1. The highest BCUT2D eigenvalue weighted by Crippen LogP contribution is 2.19. The highest BCUT2D eigenvalue weighted by atomic mass is 16.6. The molecule has 0 radical (unpaired) electrons. The van der Waals surface area contributed by atoms with E-state index in [0.29, 0.717) is 23.6 Å². The summed E-state index contributed by atoms with van der Waals surface area (Å²) >= 11 is 0. The molecular formula is C22H22N4O4. The van der Waals surface area contributed by atoms with Crippen molar-refractivity contribution in [3.05, 3.63) is 88.1 Å². The first-order valence-electron chi connectivity index (χ1n) is 9.40. The predicted molar refractivity (Wildman–Crippen MR) is 115 cm³/mol. The first-order chi connectivity index (χ1) is 14.5. The number of ether oxygens (including phenoxy) is 1. The normalized spacial score (nSPS) is 10.3. The van der Waals surface area contributed by atoms with Crippen LogP contribution < -0.4 is 15.4 Å². The fourth-order valence-corrected chi connectivity index (χ4v) is 2.92. The van der Waals surface area contributed by atoms with Gasteiger partial charge in [0.25, 0.3) is 5.69 Å². The van der Waals surface area contributed by atoms with Crippen molar-refractivity contribution in [2.45, 2.75) is 12.8 Å². The van der Waals surface area contributed by atoms with E-state index in [1.165, 1.54) is 11.6 Å². The maximum atomic E-state index is 12.2. The summed E-state index contributed by atoms with van der Waals surface area (Å²) in [5, 5.41) is 17.0. The summed E-state index contributed by atoms with van der Waals surface area (Å²) in [4.78, 5) is 27.1. The third kappa shape index (κ3) is 5.78. The molecular weight excluding hydrogens is 384 g/mol.